The van der Waals surface area contributed by atoms with Crippen molar-refractivity contribution < 1.29 is 22.3 Å². The zero-order valence-electron chi connectivity index (χ0n) is 17.3. The molecule has 29 heavy (non-hydrogen) atoms. The van der Waals surface area contributed by atoms with Crippen molar-refractivity contribution in [3.8, 4) is 11.5 Å². The third-order valence-corrected chi connectivity index (χ3v) is 9.36. The highest BCUT2D eigenvalue weighted by atomic mass is 32.1. The van der Waals surface area contributed by atoms with Crippen LogP contribution in [0.25, 0.3) is 0 Å². The lowest BCUT2D eigenvalue weighted by atomic mass is 10.3. The van der Waals surface area contributed by atoms with Crippen molar-refractivity contribution in [1.29, 1.82) is 0 Å². The molecule has 2 aromatic carbocycles. The summed E-state index contributed by atoms with van der Waals surface area (Å²) in [6, 6.07) is 20.0. The maximum atomic E-state index is 6.18. The van der Waals surface area contributed by atoms with Crippen molar-refractivity contribution in [1.82, 2.24) is 0 Å². The molecular formula is C21H31O5PSSi. The Morgan fingerprint density at radius 3 is 1.55 bits per heavy atom. The van der Waals surface area contributed by atoms with Crippen LogP contribution in [0.1, 0.15) is 27.2 Å². The van der Waals surface area contributed by atoms with Crippen LogP contribution in [-0.2, 0) is 13.3 Å². The lowest BCUT2D eigenvalue weighted by Gasteiger charge is -2.30. The van der Waals surface area contributed by atoms with E-state index in [-0.39, 0.29) is 4.99 Å². The van der Waals surface area contributed by atoms with Gasteiger partial charge in [-0.05, 0) is 51.5 Å². The Kier molecular flexibility index (Phi) is 11.1. The topological polar surface area (TPSA) is 46.2 Å². The van der Waals surface area contributed by atoms with E-state index >= 15 is 0 Å². The maximum absolute atomic E-state index is 6.18. The van der Waals surface area contributed by atoms with Crippen molar-refractivity contribution in [2.45, 2.75) is 38.2 Å². The molecule has 0 aliphatic rings. The third kappa shape index (κ3) is 8.28. The Labute approximate surface area is 182 Å². The van der Waals surface area contributed by atoms with E-state index in [2.05, 4.69) is 0 Å². The quantitative estimate of drug-likeness (QED) is 0.211. The summed E-state index contributed by atoms with van der Waals surface area (Å²) in [5.74, 6) is 1.52. The van der Waals surface area contributed by atoms with Crippen LogP contribution in [0, 0.1) is 0 Å². The van der Waals surface area contributed by atoms with Gasteiger partial charge in [-0.1, -0.05) is 36.4 Å². The number of thiol groups is 1. The van der Waals surface area contributed by atoms with E-state index in [1.165, 1.54) is 0 Å². The zero-order valence-corrected chi connectivity index (χ0v) is 20.1. The van der Waals surface area contributed by atoms with Gasteiger partial charge in [0.15, 0.2) is 0 Å². The Balaban J connectivity index is 2.11. The molecule has 2 aromatic rings. The van der Waals surface area contributed by atoms with Crippen LogP contribution in [0.3, 0.4) is 0 Å². The van der Waals surface area contributed by atoms with Gasteiger partial charge in [0, 0.05) is 25.9 Å². The van der Waals surface area contributed by atoms with Gasteiger partial charge in [0.2, 0.25) is 0 Å². The van der Waals surface area contributed by atoms with Crippen LogP contribution in [0.15, 0.2) is 60.7 Å². The van der Waals surface area contributed by atoms with Crippen LogP contribution >= 0.6 is 21.0 Å². The molecule has 0 spiro atoms. The van der Waals surface area contributed by atoms with Gasteiger partial charge in [-0.3, -0.25) is 0 Å². The van der Waals surface area contributed by atoms with Crippen LogP contribution in [0.2, 0.25) is 6.04 Å². The van der Waals surface area contributed by atoms with Crippen molar-refractivity contribution in [3.05, 3.63) is 60.7 Å². The molecule has 0 amide bonds. The van der Waals surface area contributed by atoms with Gasteiger partial charge in [-0.2, -0.15) is 12.6 Å². The molecule has 0 N–H and O–H groups in total. The van der Waals surface area contributed by atoms with Gasteiger partial charge in [0.1, 0.15) is 11.5 Å². The van der Waals surface area contributed by atoms with Crippen molar-refractivity contribution in [2.75, 3.05) is 19.8 Å². The summed E-state index contributed by atoms with van der Waals surface area (Å²) in [5.41, 5.74) is 0. The predicted octanol–water partition coefficient (Wildman–Crippen LogP) is 6.15. The monoisotopic (exact) mass is 454 g/mol. The number of benzene rings is 2. The Morgan fingerprint density at radius 2 is 1.17 bits per heavy atom. The van der Waals surface area contributed by atoms with E-state index in [4.69, 9.17) is 35.0 Å². The second-order valence-electron chi connectivity index (χ2n) is 6.10. The zero-order chi connectivity index (χ0) is 21.0. The lowest BCUT2D eigenvalue weighted by Crippen LogP contribution is -2.46. The molecule has 0 fully saturated rings. The largest absolute Gasteiger partial charge is 0.500 e. The Hall–Kier alpha value is -1.08. The predicted molar refractivity (Wildman–Crippen MR) is 124 cm³/mol. The normalized spacial score (nSPS) is 12.7. The number of para-hydroxylation sites is 2. The average molecular weight is 455 g/mol. The molecule has 1 unspecified atom stereocenters. The molecule has 0 heterocycles. The highest BCUT2D eigenvalue weighted by Gasteiger charge is 2.41. The van der Waals surface area contributed by atoms with E-state index < -0.39 is 17.2 Å². The lowest BCUT2D eigenvalue weighted by molar-refractivity contribution is 0.0711. The number of hydrogen-bond acceptors (Lipinski definition) is 6. The van der Waals surface area contributed by atoms with Gasteiger partial charge in [-0.25, -0.2) is 0 Å². The SMILES string of the molecule is CCO[Si](CCC(S)P(Oc1ccccc1)Oc1ccccc1)(OCC)OCC. The highest BCUT2D eigenvalue weighted by Crippen LogP contribution is 2.48. The molecule has 8 heteroatoms. The average Bonchev–Trinajstić information content (AvgIpc) is 2.74. The Morgan fingerprint density at radius 1 is 0.759 bits per heavy atom. The first-order valence-corrected chi connectivity index (χ1v) is 13.7. The summed E-state index contributed by atoms with van der Waals surface area (Å²) in [6.07, 6.45) is 0.695. The van der Waals surface area contributed by atoms with E-state index in [9.17, 15) is 0 Å². The second-order valence-corrected chi connectivity index (χ2v) is 11.4. The molecule has 2 rings (SSSR count). The molecular weight excluding hydrogens is 423 g/mol. The van der Waals surface area contributed by atoms with Gasteiger partial charge in [0.25, 0.3) is 0 Å². The molecule has 0 aromatic heterocycles. The first kappa shape index (κ1) is 24.2. The highest BCUT2D eigenvalue weighted by molar-refractivity contribution is 7.88. The van der Waals surface area contributed by atoms with Gasteiger partial charge >= 0.3 is 17.2 Å². The summed E-state index contributed by atoms with van der Waals surface area (Å²) in [6.45, 7) is 7.55. The van der Waals surface area contributed by atoms with Gasteiger partial charge < -0.3 is 22.3 Å². The molecule has 160 valence electrons. The fourth-order valence-corrected chi connectivity index (χ4v) is 7.55. The maximum Gasteiger partial charge on any atom is 0.500 e. The summed E-state index contributed by atoms with van der Waals surface area (Å²) < 4.78 is 30.3. The van der Waals surface area contributed by atoms with Crippen LogP contribution in [0.4, 0.5) is 0 Å². The van der Waals surface area contributed by atoms with E-state index in [0.717, 1.165) is 11.5 Å². The summed E-state index contributed by atoms with van der Waals surface area (Å²) in [5, 5.41) is 0. The van der Waals surface area contributed by atoms with Gasteiger partial charge in [-0.15, -0.1) is 0 Å². The Bertz CT molecular complexity index is 621. The fourth-order valence-electron chi connectivity index (χ4n) is 2.72. The van der Waals surface area contributed by atoms with E-state index in [1.54, 1.807) is 0 Å². The summed E-state index contributed by atoms with van der Waals surface area (Å²) in [4.78, 5) is -0.140. The molecule has 0 aliphatic heterocycles. The first-order chi connectivity index (χ1) is 14.1. The smallest absolute Gasteiger partial charge is 0.438 e. The van der Waals surface area contributed by atoms with Crippen molar-refractivity contribution in [3.63, 3.8) is 0 Å². The van der Waals surface area contributed by atoms with Crippen molar-refractivity contribution in [2.24, 2.45) is 0 Å². The minimum absolute atomic E-state index is 0.140. The fraction of sp³-hybridized carbons (Fsp3) is 0.429. The van der Waals surface area contributed by atoms with Crippen LogP contribution in [0.5, 0.6) is 11.5 Å². The minimum atomic E-state index is -2.74. The molecule has 1 atom stereocenters. The molecule has 0 saturated heterocycles. The molecule has 0 saturated carbocycles. The number of hydrogen-bond donors (Lipinski definition) is 1. The van der Waals surface area contributed by atoms with Crippen LogP contribution in [-0.4, -0.2) is 33.6 Å². The standard InChI is InChI=1S/C21H31O5PSSi/c1-4-22-29(23-5-2,24-6-3)18-17-21(28)27(25-19-13-9-7-10-14-19)26-20-15-11-8-12-16-20/h7-16,21,28H,4-6,17-18H2,1-3H3. The molecule has 0 aliphatic carbocycles. The molecule has 0 radical (unpaired) electrons. The summed E-state index contributed by atoms with van der Waals surface area (Å²) in [7, 11) is -4.07. The van der Waals surface area contributed by atoms with Crippen LogP contribution < -0.4 is 9.05 Å². The van der Waals surface area contributed by atoms with E-state index in [1.807, 2.05) is 81.4 Å². The molecule has 5 nitrogen and oxygen atoms in total. The molecule has 0 bridgehead atoms. The van der Waals surface area contributed by atoms with E-state index in [0.29, 0.717) is 32.3 Å². The summed E-state index contributed by atoms with van der Waals surface area (Å²) >= 11 is 4.84. The van der Waals surface area contributed by atoms with Crippen molar-refractivity contribution >= 4 is 29.8 Å². The second kappa shape index (κ2) is 13.3. The first-order valence-electron chi connectivity index (χ1n) is 9.97. The minimum Gasteiger partial charge on any atom is -0.438 e. The number of rotatable bonds is 14. The van der Waals surface area contributed by atoms with Gasteiger partial charge in [0.05, 0.1) is 4.99 Å². The third-order valence-electron chi connectivity index (χ3n) is 3.92.